The molecule has 6 nitrogen and oxygen atoms in total. The molecule has 30 heavy (non-hydrogen) atoms. The number of hydrogen-bond donors (Lipinski definition) is 2. The van der Waals surface area contributed by atoms with Crippen LogP contribution in [0, 0.1) is 3.57 Å². The van der Waals surface area contributed by atoms with E-state index in [-0.39, 0.29) is 18.4 Å². The van der Waals surface area contributed by atoms with Gasteiger partial charge >= 0.3 is 0 Å². The number of amides is 2. The molecular formula is C22H17BrIN3O3. The van der Waals surface area contributed by atoms with Crippen molar-refractivity contribution in [1.29, 1.82) is 0 Å². The van der Waals surface area contributed by atoms with Gasteiger partial charge in [0.15, 0.2) is 6.61 Å². The van der Waals surface area contributed by atoms with E-state index >= 15 is 0 Å². The second-order valence-corrected chi connectivity index (χ2v) is 8.28. The number of nitrogens with one attached hydrogen (secondary N) is 2. The first kappa shape index (κ1) is 22.0. The third-order valence-corrected chi connectivity index (χ3v) is 5.06. The average molecular weight is 578 g/mol. The number of hydrogen-bond acceptors (Lipinski definition) is 4. The summed E-state index contributed by atoms with van der Waals surface area (Å²) < 4.78 is 7.42. The molecule has 0 unspecified atom stereocenters. The minimum atomic E-state index is -0.299. The van der Waals surface area contributed by atoms with Crippen LogP contribution in [0.3, 0.4) is 0 Å². The van der Waals surface area contributed by atoms with Gasteiger partial charge in [0.05, 0.1) is 6.21 Å². The van der Waals surface area contributed by atoms with Crippen LogP contribution in [-0.4, -0.2) is 24.6 Å². The van der Waals surface area contributed by atoms with Crippen molar-refractivity contribution in [3.63, 3.8) is 0 Å². The second-order valence-electron chi connectivity index (χ2n) is 6.12. The molecular weight excluding hydrogens is 561 g/mol. The summed E-state index contributed by atoms with van der Waals surface area (Å²) in [4.78, 5) is 24.0. The molecule has 0 saturated heterocycles. The molecule has 8 heteroatoms. The highest BCUT2D eigenvalue weighted by atomic mass is 127. The van der Waals surface area contributed by atoms with E-state index in [9.17, 15) is 9.59 Å². The Kier molecular flexibility index (Phi) is 7.97. The molecule has 0 heterocycles. The predicted octanol–water partition coefficient (Wildman–Crippen LogP) is 4.84. The Hall–Kier alpha value is -2.72. The van der Waals surface area contributed by atoms with Crippen LogP contribution in [0.15, 0.2) is 82.4 Å². The van der Waals surface area contributed by atoms with Gasteiger partial charge in [-0.2, -0.15) is 5.10 Å². The SMILES string of the molecule is O=C(COc1ccc(/C=N\NC(=O)c2cccc(Br)c2)cc1)Nc1ccc(I)cc1. The summed E-state index contributed by atoms with van der Waals surface area (Å²) in [6.45, 7) is -0.0951. The Morgan fingerprint density at radius 2 is 1.77 bits per heavy atom. The first-order chi connectivity index (χ1) is 14.5. The Morgan fingerprint density at radius 1 is 1.03 bits per heavy atom. The highest BCUT2D eigenvalue weighted by Gasteiger charge is 2.05. The van der Waals surface area contributed by atoms with Crippen molar-refractivity contribution in [2.45, 2.75) is 0 Å². The van der Waals surface area contributed by atoms with E-state index in [0.29, 0.717) is 11.3 Å². The molecule has 0 aliphatic rings. The molecule has 0 aliphatic carbocycles. The molecule has 3 aromatic carbocycles. The molecule has 2 amide bonds. The zero-order valence-electron chi connectivity index (χ0n) is 15.6. The summed E-state index contributed by atoms with van der Waals surface area (Å²) in [6.07, 6.45) is 1.53. The number of hydrazone groups is 1. The zero-order chi connectivity index (χ0) is 21.3. The fourth-order valence-corrected chi connectivity index (χ4v) is 3.15. The lowest BCUT2D eigenvalue weighted by atomic mass is 10.2. The summed E-state index contributed by atoms with van der Waals surface area (Å²) >= 11 is 5.53. The maximum absolute atomic E-state index is 12.0. The summed E-state index contributed by atoms with van der Waals surface area (Å²) in [6, 6.07) is 21.6. The van der Waals surface area contributed by atoms with Crippen molar-refractivity contribution in [2.24, 2.45) is 5.10 Å². The van der Waals surface area contributed by atoms with Crippen molar-refractivity contribution in [2.75, 3.05) is 11.9 Å². The second kappa shape index (κ2) is 10.9. The Morgan fingerprint density at radius 3 is 2.47 bits per heavy atom. The van der Waals surface area contributed by atoms with E-state index in [1.165, 1.54) is 6.21 Å². The first-order valence-corrected chi connectivity index (χ1v) is 10.7. The number of carbonyl (C=O) groups excluding carboxylic acids is 2. The molecule has 0 atom stereocenters. The summed E-state index contributed by atoms with van der Waals surface area (Å²) in [7, 11) is 0. The molecule has 2 N–H and O–H groups in total. The van der Waals surface area contributed by atoms with Gasteiger partial charge in [-0.25, -0.2) is 5.43 Å². The van der Waals surface area contributed by atoms with Crippen LogP contribution >= 0.6 is 38.5 Å². The molecule has 3 rings (SSSR count). The van der Waals surface area contributed by atoms with Gasteiger partial charge in [-0.1, -0.05) is 22.0 Å². The Labute approximate surface area is 196 Å². The fraction of sp³-hybridized carbons (Fsp3) is 0.0455. The van der Waals surface area contributed by atoms with Crippen LogP contribution in [0.2, 0.25) is 0 Å². The van der Waals surface area contributed by atoms with Gasteiger partial charge in [-0.3, -0.25) is 9.59 Å². The van der Waals surface area contributed by atoms with E-state index < -0.39 is 0 Å². The van der Waals surface area contributed by atoms with Crippen LogP contribution in [-0.2, 0) is 4.79 Å². The number of anilines is 1. The zero-order valence-corrected chi connectivity index (χ0v) is 19.4. The number of carbonyl (C=O) groups is 2. The van der Waals surface area contributed by atoms with Crippen LogP contribution in [0.5, 0.6) is 5.75 Å². The van der Waals surface area contributed by atoms with Crippen LogP contribution in [0.25, 0.3) is 0 Å². The highest BCUT2D eigenvalue weighted by Crippen LogP contribution is 2.14. The lowest BCUT2D eigenvalue weighted by molar-refractivity contribution is -0.118. The van der Waals surface area contributed by atoms with Crippen LogP contribution in [0.1, 0.15) is 15.9 Å². The van der Waals surface area contributed by atoms with Crippen molar-refractivity contribution in [3.05, 3.63) is 92.0 Å². The van der Waals surface area contributed by atoms with E-state index in [4.69, 9.17) is 4.74 Å². The van der Waals surface area contributed by atoms with Crippen molar-refractivity contribution >= 4 is 62.2 Å². The Bertz CT molecular complexity index is 1050. The lowest BCUT2D eigenvalue weighted by Crippen LogP contribution is -2.20. The molecule has 152 valence electrons. The Balaban J connectivity index is 1.46. The van der Waals surface area contributed by atoms with Gasteiger partial charge < -0.3 is 10.1 Å². The molecule has 0 fully saturated rings. The minimum Gasteiger partial charge on any atom is -0.484 e. The molecule has 0 spiro atoms. The van der Waals surface area contributed by atoms with Gasteiger partial charge in [0.25, 0.3) is 11.8 Å². The standard InChI is InChI=1S/C22H17BrIN3O3/c23-17-3-1-2-16(12-17)22(29)27-25-13-15-4-10-20(11-5-15)30-14-21(28)26-19-8-6-18(24)7-9-19/h1-13H,14H2,(H,26,28)(H,27,29)/b25-13-. The topological polar surface area (TPSA) is 79.8 Å². The number of ether oxygens (including phenoxy) is 1. The van der Waals surface area contributed by atoms with Gasteiger partial charge in [0.2, 0.25) is 0 Å². The number of halogens is 2. The van der Waals surface area contributed by atoms with E-state index in [1.54, 1.807) is 42.5 Å². The van der Waals surface area contributed by atoms with E-state index in [2.05, 4.69) is 54.4 Å². The van der Waals surface area contributed by atoms with Crippen molar-refractivity contribution in [3.8, 4) is 5.75 Å². The monoisotopic (exact) mass is 577 g/mol. The molecule has 3 aromatic rings. The predicted molar refractivity (Wildman–Crippen MR) is 129 cm³/mol. The quantitative estimate of drug-likeness (QED) is 0.240. The number of nitrogens with zero attached hydrogens (tertiary/aromatic N) is 1. The molecule has 0 saturated carbocycles. The third kappa shape index (κ3) is 6.96. The van der Waals surface area contributed by atoms with Gasteiger partial charge in [-0.05, 0) is 94.9 Å². The smallest absolute Gasteiger partial charge is 0.271 e. The number of benzene rings is 3. The maximum atomic E-state index is 12.0. The highest BCUT2D eigenvalue weighted by molar-refractivity contribution is 14.1. The molecule has 0 bridgehead atoms. The summed E-state index contributed by atoms with van der Waals surface area (Å²) in [5.74, 6) is 0.0202. The largest absolute Gasteiger partial charge is 0.484 e. The van der Waals surface area contributed by atoms with Crippen LogP contribution in [0.4, 0.5) is 5.69 Å². The summed E-state index contributed by atoms with van der Waals surface area (Å²) in [5.41, 5.74) is 4.49. The van der Waals surface area contributed by atoms with Gasteiger partial charge in [0.1, 0.15) is 5.75 Å². The minimum absolute atomic E-state index is 0.0951. The van der Waals surface area contributed by atoms with E-state index in [0.717, 1.165) is 19.3 Å². The molecule has 0 radical (unpaired) electrons. The van der Waals surface area contributed by atoms with Crippen molar-refractivity contribution in [1.82, 2.24) is 5.43 Å². The summed E-state index contributed by atoms with van der Waals surface area (Å²) in [5, 5.41) is 6.73. The van der Waals surface area contributed by atoms with Crippen molar-refractivity contribution < 1.29 is 14.3 Å². The average Bonchev–Trinajstić information content (AvgIpc) is 2.75. The molecule has 0 aromatic heterocycles. The molecule has 0 aliphatic heterocycles. The fourth-order valence-electron chi connectivity index (χ4n) is 2.39. The third-order valence-electron chi connectivity index (χ3n) is 3.84. The first-order valence-electron chi connectivity index (χ1n) is 8.87. The van der Waals surface area contributed by atoms with E-state index in [1.807, 2.05) is 30.3 Å². The van der Waals surface area contributed by atoms with Crippen LogP contribution < -0.4 is 15.5 Å². The normalized spacial score (nSPS) is 10.6. The van der Waals surface area contributed by atoms with Gasteiger partial charge in [0, 0.05) is 19.3 Å². The maximum Gasteiger partial charge on any atom is 0.271 e. The number of rotatable bonds is 7. The van der Waals surface area contributed by atoms with Gasteiger partial charge in [-0.15, -0.1) is 0 Å². The lowest BCUT2D eigenvalue weighted by Gasteiger charge is -2.08.